The number of ether oxygens (including phenoxy) is 1. The number of rotatable bonds is 7. The number of thiazole rings is 1. The van der Waals surface area contributed by atoms with Crippen molar-refractivity contribution in [3.05, 3.63) is 75.5 Å². The van der Waals surface area contributed by atoms with E-state index in [-0.39, 0.29) is 12.1 Å². The average molecular weight is 452 g/mol. The lowest BCUT2D eigenvalue weighted by Gasteiger charge is -2.11. The summed E-state index contributed by atoms with van der Waals surface area (Å²) in [7, 11) is 1.30. The molecule has 0 bridgehead atoms. The molecule has 0 amide bonds. The smallest absolute Gasteiger partial charge is 0.325 e. The number of methoxy groups -OCH3 is 1. The van der Waals surface area contributed by atoms with Crippen molar-refractivity contribution in [3.8, 4) is 10.6 Å². The van der Waals surface area contributed by atoms with Crippen LogP contribution in [0.25, 0.3) is 21.5 Å². The van der Waals surface area contributed by atoms with Crippen molar-refractivity contribution in [1.29, 1.82) is 0 Å². The molecule has 0 atom stereocenters. The molecule has 0 saturated heterocycles. The van der Waals surface area contributed by atoms with E-state index in [0.717, 1.165) is 22.7 Å². The number of carbonyl (C=O) groups is 1. The van der Waals surface area contributed by atoms with Crippen LogP contribution in [0.15, 0.2) is 63.9 Å². The zero-order valence-corrected chi connectivity index (χ0v) is 18.8. The highest BCUT2D eigenvalue weighted by Crippen LogP contribution is 2.28. The van der Waals surface area contributed by atoms with Crippen molar-refractivity contribution in [2.75, 3.05) is 7.11 Å². The summed E-state index contributed by atoms with van der Waals surface area (Å²) in [6.45, 7) is 1.95. The first-order chi connectivity index (χ1) is 15.1. The van der Waals surface area contributed by atoms with Crippen molar-refractivity contribution in [2.24, 2.45) is 0 Å². The topological polar surface area (TPSA) is 74.1 Å². The van der Waals surface area contributed by atoms with Crippen LogP contribution in [-0.4, -0.2) is 27.6 Å². The SMILES string of the molecule is CCc1ccc(-c2nc(CSc3nc4ccccc4c(=O)n3CC(=O)OC)cs2)cc1. The summed E-state index contributed by atoms with van der Waals surface area (Å²) in [5.74, 6) is 0.0441. The van der Waals surface area contributed by atoms with Gasteiger partial charge in [-0.15, -0.1) is 11.3 Å². The molecule has 4 aromatic rings. The predicted molar refractivity (Wildman–Crippen MR) is 125 cm³/mol. The van der Waals surface area contributed by atoms with E-state index < -0.39 is 5.97 Å². The third kappa shape index (κ3) is 4.70. The minimum absolute atomic E-state index is 0.179. The summed E-state index contributed by atoms with van der Waals surface area (Å²) in [6, 6.07) is 15.6. The van der Waals surface area contributed by atoms with Gasteiger partial charge in [-0.1, -0.05) is 55.1 Å². The Bertz CT molecular complexity index is 1280. The fourth-order valence-electron chi connectivity index (χ4n) is 3.12. The summed E-state index contributed by atoms with van der Waals surface area (Å²) < 4.78 is 6.13. The van der Waals surface area contributed by atoms with Crippen LogP contribution in [0.5, 0.6) is 0 Å². The lowest BCUT2D eigenvalue weighted by Crippen LogP contribution is -2.27. The van der Waals surface area contributed by atoms with Crippen LogP contribution in [0.1, 0.15) is 18.2 Å². The lowest BCUT2D eigenvalue weighted by atomic mass is 10.1. The number of hydrogen-bond acceptors (Lipinski definition) is 7. The molecule has 2 aromatic carbocycles. The molecule has 2 heterocycles. The molecule has 0 radical (unpaired) electrons. The Hall–Kier alpha value is -2.97. The lowest BCUT2D eigenvalue weighted by molar-refractivity contribution is -0.141. The number of thioether (sulfide) groups is 1. The first-order valence-corrected chi connectivity index (χ1v) is 11.7. The molecule has 0 fully saturated rings. The molecule has 6 nitrogen and oxygen atoms in total. The number of esters is 1. The van der Waals surface area contributed by atoms with E-state index in [1.165, 1.54) is 29.0 Å². The summed E-state index contributed by atoms with van der Waals surface area (Å²) >= 11 is 2.97. The Labute approximate surface area is 187 Å². The van der Waals surface area contributed by atoms with Crippen LogP contribution in [0.3, 0.4) is 0 Å². The van der Waals surface area contributed by atoms with Gasteiger partial charge >= 0.3 is 5.97 Å². The van der Waals surface area contributed by atoms with Crippen molar-refractivity contribution in [2.45, 2.75) is 30.8 Å². The van der Waals surface area contributed by atoms with E-state index in [2.05, 4.69) is 36.2 Å². The van der Waals surface area contributed by atoms with Gasteiger partial charge < -0.3 is 4.74 Å². The first kappa shape index (κ1) is 21.3. The van der Waals surface area contributed by atoms with E-state index in [4.69, 9.17) is 9.72 Å². The highest BCUT2D eigenvalue weighted by molar-refractivity contribution is 7.98. The molecule has 31 heavy (non-hydrogen) atoms. The van der Waals surface area contributed by atoms with E-state index in [9.17, 15) is 9.59 Å². The number of fused-ring (bicyclic) bond motifs is 1. The van der Waals surface area contributed by atoms with Gasteiger partial charge in [0.15, 0.2) is 5.16 Å². The minimum atomic E-state index is -0.493. The fourth-order valence-corrected chi connectivity index (χ4v) is 4.94. The Morgan fingerprint density at radius 1 is 1.13 bits per heavy atom. The van der Waals surface area contributed by atoms with Crippen LogP contribution in [-0.2, 0) is 28.2 Å². The maximum Gasteiger partial charge on any atom is 0.325 e. The van der Waals surface area contributed by atoms with E-state index in [1.54, 1.807) is 29.5 Å². The van der Waals surface area contributed by atoms with Gasteiger partial charge in [0.25, 0.3) is 5.56 Å². The number of carbonyl (C=O) groups excluding carboxylic acids is 1. The Morgan fingerprint density at radius 2 is 1.90 bits per heavy atom. The third-order valence-corrected chi connectivity index (χ3v) is 6.80. The van der Waals surface area contributed by atoms with Crippen molar-refractivity contribution < 1.29 is 9.53 Å². The van der Waals surface area contributed by atoms with Crippen molar-refractivity contribution in [3.63, 3.8) is 0 Å². The normalized spacial score (nSPS) is 11.0. The Morgan fingerprint density at radius 3 is 2.65 bits per heavy atom. The van der Waals surface area contributed by atoms with E-state index >= 15 is 0 Å². The quantitative estimate of drug-likeness (QED) is 0.233. The van der Waals surface area contributed by atoms with Gasteiger partial charge in [0.2, 0.25) is 0 Å². The highest BCUT2D eigenvalue weighted by Gasteiger charge is 2.15. The predicted octanol–water partition coefficient (Wildman–Crippen LogP) is 4.55. The second-order valence-corrected chi connectivity index (χ2v) is 8.66. The van der Waals surface area contributed by atoms with Gasteiger partial charge in [0.05, 0.1) is 23.7 Å². The molecule has 0 aliphatic rings. The van der Waals surface area contributed by atoms with E-state index in [0.29, 0.717) is 21.8 Å². The Balaban J connectivity index is 1.59. The number of para-hydroxylation sites is 1. The molecule has 158 valence electrons. The number of nitrogens with zero attached hydrogens (tertiary/aromatic N) is 3. The van der Waals surface area contributed by atoms with Gasteiger partial charge in [0.1, 0.15) is 11.6 Å². The van der Waals surface area contributed by atoms with Crippen molar-refractivity contribution in [1.82, 2.24) is 14.5 Å². The van der Waals surface area contributed by atoms with Crippen LogP contribution in [0, 0.1) is 0 Å². The zero-order chi connectivity index (χ0) is 21.8. The second-order valence-electron chi connectivity index (χ2n) is 6.86. The van der Waals surface area contributed by atoms with Gasteiger partial charge in [-0.3, -0.25) is 14.2 Å². The summed E-state index contributed by atoms with van der Waals surface area (Å²) in [5, 5.41) is 3.91. The molecule has 0 aliphatic carbocycles. The molecular formula is C23H21N3O3S2. The molecule has 8 heteroatoms. The zero-order valence-electron chi connectivity index (χ0n) is 17.2. The van der Waals surface area contributed by atoms with Crippen LogP contribution < -0.4 is 5.56 Å². The summed E-state index contributed by atoms with van der Waals surface area (Å²) in [6.07, 6.45) is 1.01. The van der Waals surface area contributed by atoms with Crippen LogP contribution in [0.4, 0.5) is 0 Å². The molecule has 0 N–H and O–H groups in total. The number of aromatic nitrogens is 3. The molecule has 4 rings (SSSR count). The number of hydrogen-bond donors (Lipinski definition) is 0. The van der Waals surface area contributed by atoms with Gasteiger partial charge in [-0.2, -0.15) is 0 Å². The molecule has 0 aliphatic heterocycles. The Kier molecular flexibility index (Phi) is 6.48. The van der Waals surface area contributed by atoms with Crippen molar-refractivity contribution >= 4 is 40.0 Å². The first-order valence-electron chi connectivity index (χ1n) is 9.82. The van der Waals surface area contributed by atoms with E-state index in [1.807, 2.05) is 11.4 Å². The number of benzene rings is 2. The van der Waals surface area contributed by atoms with Crippen LogP contribution >= 0.6 is 23.1 Å². The fraction of sp³-hybridized carbons (Fsp3) is 0.217. The summed E-state index contributed by atoms with van der Waals surface area (Å²) in [4.78, 5) is 34.2. The van der Waals surface area contributed by atoms with Gasteiger partial charge in [0, 0.05) is 16.7 Å². The molecule has 0 spiro atoms. The van der Waals surface area contributed by atoms with Gasteiger partial charge in [-0.05, 0) is 24.1 Å². The standard InChI is InChI=1S/C23H21N3O3S2/c1-3-15-8-10-16(11-9-15)21-24-17(13-30-21)14-31-23-25-19-7-5-4-6-18(19)22(28)26(23)12-20(27)29-2/h4-11,13H,3,12,14H2,1-2H3. The maximum atomic E-state index is 12.9. The molecule has 0 saturated carbocycles. The largest absolute Gasteiger partial charge is 0.468 e. The van der Waals surface area contributed by atoms with Crippen LogP contribution in [0.2, 0.25) is 0 Å². The van der Waals surface area contributed by atoms with Gasteiger partial charge in [-0.25, -0.2) is 9.97 Å². The second kappa shape index (κ2) is 9.45. The monoisotopic (exact) mass is 451 g/mol. The molecule has 2 aromatic heterocycles. The average Bonchev–Trinajstić information content (AvgIpc) is 3.28. The number of aryl methyl sites for hydroxylation is 1. The molecular weight excluding hydrogens is 430 g/mol. The molecule has 0 unspecified atom stereocenters. The third-order valence-electron chi connectivity index (χ3n) is 4.85. The summed E-state index contributed by atoms with van der Waals surface area (Å²) in [5.41, 5.74) is 3.63. The minimum Gasteiger partial charge on any atom is -0.468 e. The highest BCUT2D eigenvalue weighted by atomic mass is 32.2. The maximum absolute atomic E-state index is 12.9.